The summed E-state index contributed by atoms with van der Waals surface area (Å²) in [4.78, 5) is 15.9. The number of nitrogens with one attached hydrogen (secondary N) is 3. The van der Waals surface area contributed by atoms with Gasteiger partial charge in [0.25, 0.3) is 0 Å². The minimum Gasteiger partial charge on any atom is -0.307 e. The smallest absolute Gasteiger partial charge is 0.307 e. The molecule has 0 aliphatic carbocycles. The number of nitrogens with zero attached hydrogens (tertiary/aromatic N) is 1. The number of amides is 2. The second-order valence-electron chi connectivity index (χ2n) is 4.48. The van der Waals surface area contributed by atoms with Gasteiger partial charge in [-0.05, 0) is 35.0 Å². The SMILES string of the molecule is O=C(NNc1ccccn1)Nc1ccc2ccccc2c1. The molecule has 21 heavy (non-hydrogen) atoms. The third-order valence-electron chi connectivity index (χ3n) is 2.98. The van der Waals surface area contributed by atoms with Crippen LogP contribution in [-0.4, -0.2) is 11.0 Å². The van der Waals surface area contributed by atoms with Gasteiger partial charge in [0.1, 0.15) is 5.82 Å². The molecular weight excluding hydrogens is 264 g/mol. The molecule has 1 heterocycles. The van der Waals surface area contributed by atoms with E-state index in [1.165, 1.54) is 0 Å². The van der Waals surface area contributed by atoms with E-state index < -0.39 is 0 Å². The zero-order chi connectivity index (χ0) is 14.5. The number of urea groups is 1. The van der Waals surface area contributed by atoms with Crippen LogP contribution in [0.3, 0.4) is 0 Å². The van der Waals surface area contributed by atoms with E-state index in [4.69, 9.17) is 0 Å². The summed E-state index contributed by atoms with van der Waals surface area (Å²) in [5.74, 6) is 0.575. The molecule has 104 valence electrons. The lowest BCUT2D eigenvalue weighted by molar-refractivity contribution is 0.254. The molecule has 0 radical (unpaired) electrons. The van der Waals surface area contributed by atoms with Gasteiger partial charge in [-0.2, -0.15) is 0 Å². The lowest BCUT2D eigenvalue weighted by Crippen LogP contribution is -2.33. The summed E-state index contributed by atoms with van der Waals surface area (Å²) in [5.41, 5.74) is 5.99. The van der Waals surface area contributed by atoms with E-state index >= 15 is 0 Å². The van der Waals surface area contributed by atoms with E-state index in [2.05, 4.69) is 21.2 Å². The van der Waals surface area contributed by atoms with Crippen molar-refractivity contribution in [3.05, 3.63) is 66.9 Å². The zero-order valence-corrected chi connectivity index (χ0v) is 11.2. The highest BCUT2D eigenvalue weighted by atomic mass is 16.2. The lowest BCUT2D eigenvalue weighted by Gasteiger charge is -2.09. The predicted octanol–water partition coefficient (Wildman–Crippen LogP) is 3.38. The van der Waals surface area contributed by atoms with Gasteiger partial charge in [-0.3, -0.25) is 10.9 Å². The molecule has 0 saturated heterocycles. The number of hydrogen-bond acceptors (Lipinski definition) is 3. The topological polar surface area (TPSA) is 66.0 Å². The highest BCUT2D eigenvalue weighted by Gasteiger charge is 2.02. The Morgan fingerprint density at radius 1 is 0.905 bits per heavy atom. The van der Waals surface area contributed by atoms with E-state index in [0.29, 0.717) is 5.82 Å². The Labute approximate surface area is 122 Å². The predicted molar refractivity (Wildman–Crippen MR) is 84.0 cm³/mol. The van der Waals surface area contributed by atoms with E-state index in [1.54, 1.807) is 18.3 Å². The number of rotatable bonds is 3. The summed E-state index contributed by atoms with van der Waals surface area (Å²) in [6, 6.07) is 18.8. The number of fused-ring (bicyclic) bond motifs is 1. The quantitative estimate of drug-likeness (QED) is 0.643. The van der Waals surface area contributed by atoms with E-state index in [-0.39, 0.29) is 6.03 Å². The summed E-state index contributed by atoms with van der Waals surface area (Å²) in [7, 11) is 0. The maximum Gasteiger partial charge on any atom is 0.337 e. The van der Waals surface area contributed by atoms with Crippen LogP contribution < -0.4 is 16.2 Å². The Morgan fingerprint density at radius 2 is 1.71 bits per heavy atom. The average Bonchev–Trinajstić information content (AvgIpc) is 2.54. The molecule has 3 rings (SSSR count). The first-order valence-corrected chi connectivity index (χ1v) is 6.54. The summed E-state index contributed by atoms with van der Waals surface area (Å²) < 4.78 is 0. The van der Waals surface area contributed by atoms with E-state index in [0.717, 1.165) is 16.5 Å². The number of carbonyl (C=O) groups excluding carboxylic acids is 1. The van der Waals surface area contributed by atoms with Crippen LogP contribution in [0.1, 0.15) is 0 Å². The second kappa shape index (κ2) is 5.92. The molecule has 0 aliphatic heterocycles. The van der Waals surface area contributed by atoms with Crippen LogP contribution in [0.25, 0.3) is 10.8 Å². The van der Waals surface area contributed by atoms with Gasteiger partial charge in [0.2, 0.25) is 0 Å². The maximum atomic E-state index is 11.8. The van der Waals surface area contributed by atoms with Crippen molar-refractivity contribution in [3.8, 4) is 0 Å². The largest absolute Gasteiger partial charge is 0.337 e. The number of benzene rings is 2. The molecule has 2 amide bonds. The summed E-state index contributed by atoms with van der Waals surface area (Å²) in [6.45, 7) is 0. The Balaban J connectivity index is 1.63. The molecule has 0 saturated carbocycles. The van der Waals surface area contributed by atoms with E-state index in [1.807, 2.05) is 48.5 Å². The summed E-state index contributed by atoms with van der Waals surface area (Å²) in [5, 5.41) is 4.98. The maximum absolute atomic E-state index is 11.8. The molecule has 0 spiro atoms. The fourth-order valence-corrected chi connectivity index (χ4v) is 1.99. The standard InChI is InChI=1S/C16H14N4O/c21-16(20-19-15-7-3-4-10-17-15)18-14-9-8-12-5-1-2-6-13(12)11-14/h1-11H,(H,17,19)(H2,18,20,21). The van der Waals surface area contributed by atoms with Crippen molar-refractivity contribution in [3.63, 3.8) is 0 Å². The van der Waals surface area contributed by atoms with Crippen LogP contribution in [-0.2, 0) is 0 Å². The van der Waals surface area contributed by atoms with E-state index in [9.17, 15) is 4.79 Å². The first-order chi connectivity index (χ1) is 10.3. The molecule has 2 aromatic carbocycles. The molecular formula is C16H14N4O. The highest BCUT2D eigenvalue weighted by molar-refractivity contribution is 5.93. The number of hydrazine groups is 1. The first kappa shape index (κ1) is 12.9. The van der Waals surface area contributed by atoms with Crippen LogP contribution in [0.5, 0.6) is 0 Å². The van der Waals surface area contributed by atoms with Crippen LogP contribution >= 0.6 is 0 Å². The molecule has 0 aliphatic rings. The molecule has 1 aromatic heterocycles. The number of anilines is 2. The van der Waals surface area contributed by atoms with Crippen LogP contribution in [0, 0.1) is 0 Å². The molecule has 0 unspecified atom stereocenters. The Hall–Kier alpha value is -3.08. The first-order valence-electron chi connectivity index (χ1n) is 6.54. The lowest BCUT2D eigenvalue weighted by atomic mass is 10.1. The van der Waals surface area contributed by atoms with Crippen molar-refractivity contribution < 1.29 is 4.79 Å². The molecule has 0 bridgehead atoms. The molecule has 0 fully saturated rings. The fourth-order valence-electron chi connectivity index (χ4n) is 1.99. The van der Waals surface area contributed by atoms with Crippen molar-refractivity contribution in [2.75, 3.05) is 10.7 Å². The summed E-state index contributed by atoms with van der Waals surface area (Å²) in [6.07, 6.45) is 1.64. The number of aromatic nitrogens is 1. The molecule has 0 atom stereocenters. The highest BCUT2D eigenvalue weighted by Crippen LogP contribution is 2.18. The summed E-state index contributed by atoms with van der Waals surface area (Å²) >= 11 is 0. The number of carbonyl (C=O) groups is 1. The van der Waals surface area contributed by atoms with Crippen LogP contribution in [0.4, 0.5) is 16.3 Å². The second-order valence-corrected chi connectivity index (χ2v) is 4.48. The van der Waals surface area contributed by atoms with Crippen LogP contribution in [0.15, 0.2) is 66.9 Å². The van der Waals surface area contributed by atoms with Crippen molar-refractivity contribution in [2.45, 2.75) is 0 Å². The molecule has 5 nitrogen and oxygen atoms in total. The zero-order valence-electron chi connectivity index (χ0n) is 11.2. The molecule has 3 aromatic rings. The van der Waals surface area contributed by atoms with Gasteiger partial charge in [-0.1, -0.05) is 36.4 Å². The molecule has 3 N–H and O–H groups in total. The van der Waals surface area contributed by atoms with Gasteiger partial charge in [-0.25, -0.2) is 9.78 Å². The van der Waals surface area contributed by atoms with Gasteiger partial charge >= 0.3 is 6.03 Å². The van der Waals surface area contributed by atoms with Gasteiger partial charge in [0, 0.05) is 11.9 Å². The van der Waals surface area contributed by atoms with Crippen molar-refractivity contribution >= 4 is 28.3 Å². The monoisotopic (exact) mass is 278 g/mol. The average molecular weight is 278 g/mol. The fraction of sp³-hybridized carbons (Fsp3) is 0. The Kier molecular flexibility index (Phi) is 3.64. The van der Waals surface area contributed by atoms with Gasteiger partial charge in [0.05, 0.1) is 0 Å². The van der Waals surface area contributed by atoms with Crippen molar-refractivity contribution in [2.24, 2.45) is 0 Å². The number of hydrogen-bond donors (Lipinski definition) is 3. The van der Waals surface area contributed by atoms with Crippen molar-refractivity contribution in [1.29, 1.82) is 0 Å². The van der Waals surface area contributed by atoms with Gasteiger partial charge in [0.15, 0.2) is 0 Å². The third-order valence-corrected chi connectivity index (χ3v) is 2.98. The third kappa shape index (κ3) is 3.27. The number of pyridine rings is 1. The Morgan fingerprint density at radius 3 is 2.52 bits per heavy atom. The normalized spacial score (nSPS) is 10.1. The minimum atomic E-state index is -0.351. The Bertz CT molecular complexity index is 758. The van der Waals surface area contributed by atoms with Crippen molar-refractivity contribution in [1.82, 2.24) is 10.4 Å². The van der Waals surface area contributed by atoms with Gasteiger partial charge in [-0.15, -0.1) is 0 Å². The molecule has 5 heteroatoms. The minimum absolute atomic E-state index is 0.351. The van der Waals surface area contributed by atoms with Crippen LogP contribution in [0.2, 0.25) is 0 Å². The van der Waals surface area contributed by atoms with Gasteiger partial charge < -0.3 is 5.32 Å².